The highest BCUT2D eigenvalue weighted by molar-refractivity contribution is 6.34. The largest absolute Gasteiger partial charge is 0.473 e. The Morgan fingerprint density at radius 3 is 2.67 bits per heavy atom. The molecule has 27 heavy (non-hydrogen) atoms. The second-order valence-corrected chi connectivity index (χ2v) is 6.60. The molecule has 0 amide bonds. The first-order chi connectivity index (χ1) is 13.1. The second-order valence-electron chi connectivity index (χ2n) is 6.24. The van der Waals surface area contributed by atoms with Crippen LogP contribution in [-0.4, -0.2) is 19.7 Å². The third-order valence-corrected chi connectivity index (χ3v) is 4.45. The molecule has 0 aliphatic carbocycles. The van der Waals surface area contributed by atoms with E-state index in [9.17, 15) is 4.39 Å². The number of aromatic nitrogens is 4. The van der Waals surface area contributed by atoms with Crippen molar-refractivity contribution in [1.82, 2.24) is 19.7 Å². The summed E-state index contributed by atoms with van der Waals surface area (Å²) in [6.07, 6.45) is 5.28. The Bertz CT molecular complexity index is 1100. The van der Waals surface area contributed by atoms with Crippen molar-refractivity contribution >= 4 is 22.5 Å². The van der Waals surface area contributed by atoms with Crippen LogP contribution in [0, 0.1) is 12.7 Å². The van der Waals surface area contributed by atoms with Crippen LogP contribution in [0.1, 0.15) is 16.7 Å². The maximum absolute atomic E-state index is 13.0. The van der Waals surface area contributed by atoms with Gasteiger partial charge in [-0.05, 0) is 42.3 Å². The first-order valence-corrected chi connectivity index (χ1v) is 8.77. The van der Waals surface area contributed by atoms with Gasteiger partial charge in [-0.15, -0.1) is 0 Å². The molecule has 0 radical (unpaired) electrons. The summed E-state index contributed by atoms with van der Waals surface area (Å²) < 4.78 is 20.5. The van der Waals surface area contributed by atoms with Crippen LogP contribution in [0.15, 0.2) is 55.0 Å². The third kappa shape index (κ3) is 3.90. The van der Waals surface area contributed by atoms with Gasteiger partial charge in [0.2, 0.25) is 5.88 Å². The molecule has 0 aliphatic rings. The van der Waals surface area contributed by atoms with Crippen molar-refractivity contribution in [3.63, 3.8) is 0 Å². The quantitative estimate of drug-likeness (QED) is 0.475. The van der Waals surface area contributed by atoms with Crippen molar-refractivity contribution in [2.75, 3.05) is 0 Å². The predicted molar refractivity (Wildman–Crippen MR) is 101 cm³/mol. The summed E-state index contributed by atoms with van der Waals surface area (Å²) in [5.41, 5.74) is 3.61. The van der Waals surface area contributed by atoms with E-state index in [2.05, 4.69) is 15.1 Å². The van der Waals surface area contributed by atoms with Gasteiger partial charge in [0, 0.05) is 24.2 Å². The monoisotopic (exact) mass is 382 g/mol. The molecule has 5 nitrogen and oxygen atoms in total. The topological polar surface area (TPSA) is 52.8 Å². The van der Waals surface area contributed by atoms with E-state index in [-0.39, 0.29) is 5.82 Å². The number of rotatable bonds is 5. The number of nitrogens with zero attached hydrogens (tertiary/aromatic N) is 4. The zero-order chi connectivity index (χ0) is 18.8. The molecule has 7 heteroatoms. The summed E-state index contributed by atoms with van der Waals surface area (Å²) in [7, 11) is 0. The summed E-state index contributed by atoms with van der Waals surface area (Å²) in [4.78, 5) is 8.47. The molecule has 4 aromatic rings. The zero-order valence-electron chi connectivity index (χ0n) is 14.6. The average Bonchev–Trinajstić information content (AvgIpc) is 3.06. The Labute approximate surface area is 160 Å². The van der Waals surface area contributed by atoms with Gasteiger partial charge in [-0.3, -0.25) is 4.68 Å². The molecule has 0 saturated carbocycles. The van der Waals surface area contributed by atoms with Gasteiger partial charge in [0.1, 0.15) is 17.6 Å². The zero-order valence-corrected chi connectivity index (χ0v) is 15.3. The number of pyridine rings is 2. The van der Waals surface area contributed by atoms with Crippen molar-refractivity contribution in [1.29, 1.82) is 0 Å². The van der Waals surface area contributed by atoms with Crippen LogP contribution in [0.25, 0.3) is 10.9 Å². The highest BCUT2D eigenvalue weighted by Gasteiger charge is 2.08. The molecular weight excluding hydrogens is 367 g/mol. The van der Waals surface area contributed by atoms with Crippen LogP contribution >= 0.6 is 11.6 Å². The number of aryl methyl sites for hydroxylation is 1. The fourth-order valence-corrected chi connectivity index (χ4v) is 3.02. The highest BCUT2D eigenvalue weighted by Crippen LogP contribution is 2.21. The first-order valence-electron chi connectivity index (χ1n) is 8.39. The lowest BCUT2D eigenvalue weighted by atomic mass is 10.2. The molecule has 0 unspecified atom stereocenters. The fraction of sp³-hybridized carbons (Fsp3) is 0.150. The summed E-state index contributed by atoms with van der Waals surface area (Å²) >= 11 is 6.10. The summed E-state index contributed by atoms with van der Waals surface area (Å²) in [5, 5.41) is 5.77. The molecule has 0 bridgehead atoms. The predicted octanol–water partition coefficient (Wildman–Crippen LogP) is 4.55. The number of hydrogen-bond donors (Lipinski definition) is 0. The summed E-state index contributed by atoms with van der Waals surface area (Å²) in [5.74, 6) is 0.293. The Morgan fingerprint density at radius 2 is 1.93 bits per heavy atom. The Morgan fingerprint density at radius 1 is 1.11 bits per heavy atom. The molecule has 0 saturated heterocycles. The lowest BCUT2D eigenvalue weighted by Gasteiger charge is -2.10. The van der Waals surface area contributed by atoms with E-state index in [0.29, 0.717) is 24.2 Å². The number of ether oxygens (including phenoxy) is 1. The minimum atomic E-state index is -0.263. The van der Waals surface area contributed by atoms with Crippen molar-refractivity contribution in [2.24, 2.45) is 0 Å². The third-order valence-electron chi connectivity index (χ3n) is 4.15. The minimum Gasteiger partial charge on any atom is -0.473 e. The van der Waals surface area contributed by atoms with Gasteiger partial charge in [0.15, 0.2) is 0 Å². The van der Waals surface area contributed by atoms with Crippen molar-refractivity contribution < 1.29 is 9.13 Å². The molecule has 3 aromatic heterocycles. The van der Waals surface area contributed by atoms with E-state index >= 15 is 0 Å². The smallest absolute Gasteiger partial charge is 0.216 e. The van der Waals surface area contributed by atoms with Crippen LogP contribution < -0.4 is 4.74 Å². The molecule has 136 valence electrons. The van der Waals surface area contributed by atoms with Gasteiger partial charge < -0.3 is 4.74 Å². The molecule has 0 spiro atoms. The lowest BCUT2D eigenvalue weighted by Crippen LogP contribution is -2.03. The van der Waals surface area contributed by atoms with Crippen LogP contribution in [-0.2, 0) is 13.2 Å². The normalized spacial score (nSPS) is 11.1. The first kappa shape index (κ1) is 17.4. The van der Waals surface area contributed by atoms with Crippen molar-refractivity contribution in [2.45, 2.75) is 20.1 Å². The molecule has 1 aromatic carbocycles. The van der Waals surface area contributed by atoms with E-state index < -0.39 is 0 Å². The van der Waals surface area contributed by atoms with Gasteiger partial charge in [-0.25, -0.2) is 14.4 Å². The van der Waals surface area contributed by atoms with Gasteiger partial charge in [0.25, 0.3) is 0 Å². The Balaban J connectivity index is 1.47. The van der Waals surface area contributed by atoms with Gasteiger partial charge in [-0.2, -0.15) is 5.10 Å². The highest BCUT2D eigenvalue weighted by atomic mass is 35.5. The molecule has 4 rings (SSSR count). The molecule has 0 N–H and O–H groups in total. The molecular formula is C20H16ClFN4O. The van der Waals surface area contributed by atoms with E-state index in [1.54, 1.807) is 24.5 Å². The molecule has 0 fully saturated rings. The second kappa shape index (κ2) is 7.32. The Kier molecular flexibility index (Phi) is 4.73. The lowest BCUT2D eigenvalue weighted by molar-refractivity contribution is 0.291. The van der Waals surface area contributed by atoms with E-state index in [1.807, 2.05) is 29.9 Å². The van der Waals surface area contributed by atoms with Crippen LogP contribution in [0.5, 0.6) is 5.88 Å². The maximum atomic E-state index is 13.0. The van der Waals surface area contributed by atoms with E-state index in [1.165, 1.54) is 12.1 Å². The molecule has 3 heterocycles. The van der Waals surface area contributed by atoms with E-state index in [0.717, 1.165) is 27.6 Å². The fourth-order valence-electron chi connectivity index (χ4n) is 2.82. The Hall–Kier alpha value is -2.99. The van der Waals surface area contributed by atoms with Gasteiger partial charge in [0.05, 0.1) is 17.4 Å². The molecule has 0 aliphatic heterocycles. The number of benzene rings is 1. The number of halogens is 2. The maximum Gasteiger partial charge on any atom is 0.216 e. The van der Waals surface area contributed by atoms with Gasteiger partial charge >= 0.3 is 0 Å². The van der Waals surface area contributed by atoms with Crippen LogP contribution in [0.3, 0.4) is 0 Å². The standard InChI is InChI=1S/C20H16ClFN4O/c1-13-8-15(10-26-11-17-18(25-26)6-7-23-19(17)21)9-24-20(13)27-12-14-2-4-16(22)5-3-14/h2-9,11H,10,12H2,1H3. The SMILES string of the molecule is Cc1cc(Cn2cc3c(Cl)nccc3n2)cnc1OCc1ccc(F)cc1. The van der Waals surface area contributed by atoms with Crippen molar-refractivity contribution in [3.8, 4) is 5.88 Å². The van der Waals surface area contributed by atoms with Crippen LogP contribution in [0.2, 0.25) is 5.15 Å². The summed E-state index contributed by atoms with van der Waals surface area (Å²) in [6, 6.07) is 10.1. The average molecular weight is 383 g/mol. The van der Waals surface area contributed by atoms with Crippen molar-refractivity contribution in [3.05, 3.63) is 82.6 Å². The number of fused-ring (bicyclic) bond motifs is 1. The summed E-state index contributed by atoms with van der Waals surface area (Å²) in [6.45, 7) is 2.84. The van der Waals surface area contributed by atoms with E-state index in [4.69, 9.17) is 16.3 Å². The van der Waals surface area contributed by atoms with Gasteiger partial charge in [-0.1, -0.05) is 23.7 Å². The van der Waals surface area contributed by atoms with Crippen LogP contribution in [0.4, 0.5) is 4.39 Å². The minimum absolute atomic E-state index is 0.263. The number of hydrogen-bond acceptors (Lipinski definition) is 4. The molecule has 0 atom stereocenters.